The Morgan fingerprint density at radius 1 is 1.03 bits per heavy atom. The molecule has 1 unspecified atom stereocenters. The first-order chi connectivity index (χ1) is 14.3. The maximum atomic E-state index is 12.6. The third kappa shape index (κ3) is 4.35. The van der Waals surface area contributed by atoms with E-state index in [1.54, 1.807) is 26.8 Å². The molecule has 1 amide bonds. The summed E-state index contributed by atoms with van der Waals surface area (Å²) < 4.78 is 10.3. The number of aryl methyl sites for hydroxylation is 1. The van der Waals surface area contributed by atoms with Crippen molar-refractivity contribution in [2.45, 2.75) is 33.8 Å². The summed E-state index contributed by atoms with van der Waals surface area (Å²) in [5.41, 5.74) is 1.97. The average Bonchev–Trinajstić information content (AvgIpc) is 3.02. The second-order valence-electron chi connectivity index (χ2n) is 6.94. The lowest BCUT2D eigenvalue weighted by atomic mass is 10.1. The number of aromatic nitrogens is 1. The zero-order valence-corrected chi connectivity index (χ0v) is 17.4. The first kappa shape index (κ1) is 21.1. The number of carbonyl (C=O) groups excluding carboxylic acids is 3. The van der Waals surface area contributed by atoms with Gasteiger partial charge in [-0.15, -0.1) is 0 Å². The van der Waals surface area contributed by atoms with Gasteiger partial charge in [0, 0.05) is 11.4 Å². The van der Waals surface area contributed by atoms with Crippen molar-refractivity contribution < 1.29 is 23.9 Å². The van der Waals surface area contributed by atoms with Gasteiger partial charge in [-0.25, -0.2) is 9.59 Å². The summed E-state index contributed by atoms with van der Waals surface area (Å²) in [6.07, 6.45) is -1.03. The number of hydrogen-bond acceptors (Lipinski definition) is 5. The molecule has 0 saturated heterocycles. The molecule has 1 aromatic heterocycles. The standard InChI is InChI=1S/C23H24N2O5/c1-5-29-22(27)19-13(2)20(24-14(19)3)23(28)30-15(4)21(26)25-18-11-10-16-8-6-7-9-17(16)12-18/h6-12,15,24H,5H2,1-4H3,(H,25,26). The Balaban J connectivity index is 1.69. The van der Waals surface area contributed by atoms with Gasteiger partial charge < -0.3 is 19.8 Å². The van der Waals surface area contributed by atoms with E-state index in [2.05, 4.69) is 10.3 Å². The maximum absolute atomic E-state index is 12.6. The number of aromatic amines is 1. The van der Waals surface area contributed by atoms with Crippen LogP contribution in [-0.4, -0.2) is 35.5 Å². The second kappa shape index (κ2) is 8.82. The molecule has 0 aliphatic heterocycles. The second-order valence-corrected chi connectivity index (χ2v) is 6.94. The molecule has 3 rings (SSSR count). The highest BCUT2D eigenvalue weighted by atomic mass is 16.5. The highest BCUT2D eigenvalue weighted by Crippen LogP contribution is 2.21. The Morgan fingerprint density at radius 2 is 1.73 bits per heavy atom. The van der Waals surface area contributed by atoms with E-state index in [1.807, 2.05) is 36.4 Å². The topological polar surface area (TPSA) is 97.5 Å². The van der Waals surface area contributed by atoms with Crippen molar-refractivity contribution in [1.29, 1.82) is 0 Å². The molecular formula is C23H24N2O5. The predicted octanol–water partition coefficient (Wildman–Crippen LogP) is 4.15. The van der Waals surface area contributed by atoms with Crippen molar-refractivity contribution in [3.8, 4) is 0 Å². The van der Waals surface area contributed by atoms with Gasteiger partial charge in [0.15, 0.2) is 6.10 Å². The van der Waals surface area contributed by atoms with Gasteiger partial charge in [0.1, 0.15) is 5.69 Å². The van der Waals surface area contributed by atoms with Crippen LogP contribution in [-0.2, 0) is 14.3 Å². The minimum atomic E-state index is -1.03. The zero-order chi connectivity index (χ0) is 21.8. The van der Waals surface area contributed by atoms with Crippen LogP contribution in [0.2, 0.25) is 0 Å². The number of H-pyrrole nitrogens is 1. The Morgan fingerprint density at radius 3 is 2.43 bits per heavy atom. The fourth-order valence-electron chi connectivity index (χ4n) is 3.25. The summed E-state index contributed by atoms with van der Waals surface area (Å²) >= 11 is 0. The van der Waals surface area contributed by atoms with Crippen LogP contribution in [0.1, 0.15) is 46.0 Å². The predicted molar refractivity (Wildman–Crippen MR) is 114 cm³/mol. The van der Waals surface area contributed by atoms with Gasteiger partial charge in [0.2, 0.25) is 0 Å². The molecule has 0 aliphatic carbocycles. The van der Waals surface area contributed by atoms with E-state index in [4.69, 9.17) is 9.47 Å². The number of anilines is 1. The van der Waals surface area contributed by atoms with E-state index in [1.165, 1.54) is 6.92 Å². The van der Waals surface area contributed by atoms with Crippen molar-refractivity contribution in [3.63, 3.8) is 0 Å². The van der Waals surface area contributed by atoms with Gasteiger partial charge in [-0.1, -0.05) is 30.3 Å². The minimum Gasteiger partial charge on any atom is -0.462 e. The minimum absolute atomic E-state index is 0.126. The van der Waals surface area contributed by atoms with Crippen molar-refractivity contribution in [3.05, 3.63) is 65.0 Å². The van der Waals surface area contributed by atoms with Crippen LogP contribution in [0.3, 0.4) is 0 Å². The Hall–Kier alpha value is -3.61. The molecule has 0 saturated carbocycles. The van der Waals surface area contributed by atoms with Gasteiger partial charge in [-0.2, -0.15) is 0 Å². The molecule has 0 fully saturated rings. The molecule has 0 bridgehead atoms. The average molecular weight is 408 g/mol. The van der Waals surface area contributed by atoms with E-state index in [-0.39, 0.29) is 12.3 Å². The van der Waals surface area contributed by atoms with Crippen molar-refractivity contribution in [1.82, 2.24) is 4.98 Å². The van der Waals surface area contributed by atoms with Crippen LogP contribution in [0, 0.1) is 13.8 Å². The number of rotatable bonds is 6. The molecule has 2 N–H and O–H groups in total. The van der Waals surface area contributed by atoms with E-state index in [0.29, 0.717) is 22.5 Å². The Bertz CT molecular complexity index is 1120. The summed E-state index contributed by atoms with van der Waals surface area (Å²) in [7, 11) is 0. The Kier molecular flexibility index (Phi) is 6.20. The number of benzene rings is 2. The quantitative estimate of drug-likeness (QED) is 0.597. The molecule has 156 valence electrons. The summed E-state index contributed by atoms with van der Waals surface area (Å²) in [6, 6.07) is 13.3. The first-order valence-electron chi connectivity index (χ1n) is 9.68. The van der Waals surface area contributed by atoms with Gasteiger partial charge in [-0.3, -0.25) is 4.79 Å². The van der Waals surface area contributed by atoms with Crippen LogP contribution in [0.5, 0.6) is 0 Å². The molecule has 1 atom stereocenters. The van der Waals surface area contributed by atoms with Crippen molar-refractivity contribution in [2.75, 3.05) is 11.9 Å². The summed E-state index contributed by atoms with van der Waals surface area (Å²) in [6.45, 7) is 6.73. The van der Waals surface area contributed by atoms with Crippen LogP contribution >= 0.6 is 0 Å². The fraction of sp³-hybridized carbons (Fsp3) is 0.261. The van der Waals surface area contributed by atoms with E-state index < -0.39 is 23.9 Å². The summed E-state index contributed by atoms with van der Waals surface area (Å²) in [5, 5.41) is 4.81. The lowest BCUT2D eigenvalue weighted by Gasteiger charge is -2.14. The molecule has 0 aliphatic rings. The van der Waals surface area contributed by atoms with E-state index in [0.717, 1.165) is 10.8 Å². The van der Waals surface area contributed by atoms with Crippen molar-refractivity contribution >= 4 is 34.3 Å². The summed E-state index contributed by atoms with van der Waals surface area (Å²) in [5.74, 6) is -1.68. The monoisotopic (exact) mass is 408 g/mol. The Labute approximate surface area is 174 Å². The largest absolute Gasteiger partial charge is 0.462 e. The number of nitrogens with one attached hydrogen (secondary N) is 2. The molecule has 0 radical (unpaired) electrons. The third-order valence-corrected chi connectivity index (χ3v) is 4.79. The smallest absolute Gasteiger partial charge is 0.355 e. The molecule has 0 spiro atoms. The van der Waals surface area contributed by atoms with Crippen LogP contribution < -0.4 is 5.32 Å². The summed E-state index contributed by atoms with van der Waals surface area (Å²) in [4.78, 5) is 40.0. The van der Waals surface area contributed by atoms with Gasteiger partial charge in [-0.05, 0) is 56.2 Å². The molecule has 30 heavy (non-hydrogen) atoms. The molecule has 3 aromatic rings. The SMILES string of the molecule is CCOC(=O)c1c(C)[nH]c(C(=O)OC(C)C(=O)Nc2ccc3ccccc3c2)c1C. The zero-order valence-electron chi connectivity index (χ0n) is 17.4. The lowest BCUT2D eigenvalue weighted by Crippen LogP contribution is -2.30. The number of fused-ring (bicyclic) bond motifs is 1. The van der Waals surface area contributed by atoms with Gasteiger partial charge in [0.25, 0.3) is 5.91 Å². The van der Waals surface area contributed by atoms with E-state index in [9.17, 15) is 14.4 Å². The van der Waals surface area contributed by atoms with Crippen molar-refractivity contribution in [2.24, 2.45) is 0 Å². The lowest BCUT2D eigenvalue weighted by molar-refractivity contribution is -0.123. The van der Waals surface area contributed by atoms with Crippen LogP contribution in [0.4, 0.5) is 5.69 Å². The maximum Gasteiger partial charge on any atom is 0.355 e. The van der Waals surface area contributed by atoms with Gasteiger partial charge in [0.05, 0.1) is 12.2 Å². The molecule has 1 heterocycles. The molecule has 7 nitrogen and oxygen atoms in total. The third-order valence-electron chi connectivity index (χ3n) is 4.79. The van der Waals surface area contributed by atoms with Crippen LogP contribution in [0.25, 0.3) is 10.8 Å². The first-order valence-corrected chi connectivity index (χ1v) is 9.68. The number of hydrogen-bond donors (Lipinski definition) is 2. The van der Waals surface area contributed by atoms with Gasteiger partial charge >= 0.3 is 11.9 Å². The normalized spacial score (nSPS) is 11.7. The van der Waals surface area contributed by atoms with Crippen LogP contribution in [0.15, 0.2) is 42.5 Å². The highest BCUT2D eigenvalue weighted by molar-refractivity contribution is 6.01. The number of carbonyl (C=O) groups is 3. The molecular weight excluding hydrogens is 384 g/mol. The molecule has 2 aromatic carbocycles. The van der Waals surface area contributed by atoms with E-state index >= 15 is 0 Å². The number of esters is 2. The number of ether oxygens (including phenoxy) is 2. The number of amides is 1. The molecule has 7 heteroatoms. The fourth-order valence-corrected chi connectivity index (χ4v) is 3.25. The highest BCUT2D eigenvalue weighted by Gasteiger charge is 2.26.